The molecule has 2 aromatic carbocycles. The van der Waals surface area contributed by atoms with Crippen molar-refractivity contribution >= 4 is 11.0 Å². The summed E-state index contributed by atoms with van der Waals surface area (Å²) in [5.74, 6) is -4.84. The second-order valence-corrected chi connectivity index (χ2v) is 7.58. The lowest BCUT2D eigenvalue weighted by atomic mass is 9.99. The molecule has 1 aromatic heterocycles. The molecule has 34 heavy (non-hydrogen) atoms. The lowest BCUT2D eigenvalue weighted by molar-refractivity contribution is -0.277. The Kier molecular flexibility index (Phi) is 5.89. The van der Waals surface area contributed by atoms with Gasteiger partial charge in [-0.15, -0.1) is 0 Å². The van der Waals surface area contributed by atoms with Gasteiger partial charge in [0.05, 0.1) is 6.61 Å². The number of aliphatic hydroxyl groups excluding tert-OH is 4. The molecule has 2 heterocycles. The first-order chi connectivity index (χ1) is 16.0. The van der Waals surface area contributed by atoms with Crippen LogP contribution < -0.4 is 10.2 Å². The zero-order valence-electron chi connectivity index (χ0n) is 17.1. The van der Waals surface area contributed by atoms with Gasteiger partial charge in [0.25, 0.3) is 0 Å². The van der Waals surface area contributed by atoms with Gasteiger partial charge in [-0.1, -0.05) is 0 Å². The van der Waals surface area contributed by atoms with Crippen LogP contribution in [0.15, 0.2) is 33.5 Å². The molecule has 9 N–H and O–H groups in total. The summed E-state index contributed by atoms with van der Waals surface area (Å²) in [5.41, 5.74) is -1.84. The van der Waals surface area contributed by atoms with Gasteiger partial charge in [0.15, 0.2) is 28.6 Å². The minimum atomic E-state index is -1.88. The molecule has 0 radical (unpaired) electrons. The van der Waals surface area contributed by atoms with Gasteiger partial charge in [0.2, 0.25) is 23.2 Å². The highest BCUT2D eigenvalue weighted by Gasteiger charge is 2.45. The average molecular weight is 480 g/mol. The van der Waals surface area contributed by atoms with Gasteiger partial charge >= 0.3 is 0 Å². The second kappa shape index (κ2) is 8.55. The van der Waals surface area contributed by atoms with E-state index < -0.39 is 94.0 Å². The molecule has 0 aliphatic carbocycles. The molecule has 0 bridgehead atoms. The highest BCUT2D eigenvalue weighted by atomic mass is 16.7. The molecular formula is C21H20O13. The van der Waals surface area contributed by atoms with Crippen LogP contribution in [0.25, 0.3) is 22.3 Å². The number of phenolic OH excluding ortho intramolecular Hbond substituents is 4. The van der Waals surface area contributed by atoms with Crippen molar-refractivity contribution < 1.29 is 59.8 Å². The third-order valence-electron chi connectivity index (χ3n) is 5.38. The van der Waals surface area contributed by atoms with Gasteiger partial charge in [-0.05, 0) is 18.2 Å². The molecule has 3 aromatic rings. The highest BCUT2D eigenvalue weighted by Crippen LogP contribution is 2.44. The van der Waals surface area contributed by atoms with E-state index in [0.29, 0.717) is 6.07 Å². The van der Waals surface area contributed by atoms with E-state index >= 15 is 0 Å². The molecule has 0 saturated carbocycles. The van der Waals surface area contributed by atoms with Gasteiger partial charge in [-0.25, -0.2) is 0 Å². The molecule has 0 spiro atoms. The normalized spacial score (nSPS) is 24.9. The summed E-state index contributed by atoms with van der Waals surface area (Å²) in [6.07, 6.45) is -8.50. The van der Waals surface area contributed by atoms with Crippen LogP contribution in [0.3, 0.4) is 0 Å². The van der Waals surface area contributed by atoms with Crippen LogP contribution in [0, 0.1) is 0 Å². The lowest BCUT2D eigenvalue weighted by Gasteiger charge is -2.39. The standard InChI is InChI=1S/C21H20O13/c22-5-11-13(27)15(29)17(31)21(32-11)34-19-10(26)4-9(25)12-14(28)16(30)18(33-20(12)19)6-1-2-7(23)8(24)3-6/h1-4,11,13,15,17,21-27,29-31H,5H2/t11-,13+,15-,17-,21+/m1/s1. The number of fused-ring (bicyclic) bond motifs is 1. The number of benzene rings is 2. The van der Waals surface area contributed by atoms with Gasteiger partial charge < -0.3 is 59.8 Å². The first-order valence-electron chi connectivity index (χ1n) is 9.79. The Bertz CT molecular complexity index is 1300. The monoisotopic (exact) mass is 480 g/mol. The van der Waals surface area contributed by atoms with Crippen molar-refractivity contribution in [2.45, 2.75) is 30.7 Å². The minimum Gasteiger partial charge on any atom is -0.507 e. The fourth-order valence-electron chi connectivity index (χ4n) is 3.56. The summed E-state index contributed by atoms with van der Waals surface area (Å²) in [5, 5.41) is 89.0. The molecule has 1 aliphatic rings. The van der Waals surface area contributed by atoms with Gasteiger partial charge in [0, 0.05) is 11.6 Å². The molecule has 1 saturated heterocycles. The Morgan fingerprint density at radius 2 is 1.56 bits per heavy atom. The lowest BCUT2D eigenvalue weighted by Crippen LogP contribution is -2.60. The molecule has 13 nitrogen and oxygen atoms in total. The second-order valence-electron chi connectivity index (χ2n) is 7.58. The smallest absolute Gasteiger partial charge is 0.238 e. The number of hydrogen-bond donors (Lipinski definition) is 9. The van der Waals surface area contributed by atoms with Crippen molar-refractivity contribution in [3.8, 4) is 45.8 Å². The van der Waals surface area contributed by atoms with E-state index in [1.807, 2.05) is 0 Å². The minimum absolute atomic E-state index is 0.0755. The molecular weight excluding hydrogens is 460 g/mol. The average Bonchev–Trinajstić information content (AvgIpc) is 2.80. The van der Waals surface area contributed by atoms with Crippen LogP contribution in [-0.2, 0) is 4.74 Å². The van der Waals surface area contributed by atoms with E-state index in [2.05, 4.69) is 0 Å². The summed E-state index contributed by atoms with van der Waals surface area (Å²) in [6, 6.07) is 3.92. The van der Waals surface area contributed by atoms with Crippen LogP contribution >= 0.6 is 0 Å². The van der Waals surface area contributed by atoms with E-state index in [4.69, 9.17) is 13.9 Å². The van der Waals surface area contributed by atoms with E-state index in [1.165, 1.54) is 6.07 Å². The van der Waals surface area contributed by atoms with Crippen molar-refractivity contribution in [3.63, 3.8) is 0 Å². The highest BCUT2D eigenvalue weighted by molar-refractivity contribution is 5.93. The number of ether oxygens (including phenoxy) is 2. The molecule has 182 valence electrons. The summed E-state index contributed by atoms with van der Waals surface area (Å²) < 4.78 is 16.2. The maximum absolute atomic E-state index is 12.8. The van der Waals surface area contributed by atoms with Crippen molar-refractivity contribution in [2.24, 2.45) is 0 Å². The summed E-state index contributed by atoms with van der Waals surface area (Å²) >= 11 is 0. The maximum Gasteiger partial charge on any atom is 0.238 e. The van der Waals surface area contributed by atoms with Crippen molar-refractivity contribution in [1.82, 2.24) is 0 Å². The SMILES string of the molecule is O=c1c(O)c(-c2ccc(O)c(O)c2)oc2c(O[C@@H]3O[C@H](CO)[C@H](O)[C@@H](O)[C@H]3O)c(O)cc(O)c12. The largest absolute Gasteiger partial charge is 0.507 e. The Balaban J connectivity index is 1.89. The van der Waals surface area contributed by atoms with E-state index in [-0.39, 0.29) is 5.56 Å². The van der Waals surface area contributed by atoms with E-state index in [0.717, 1.165) is 12.1 Å². The zero-order valence-corrected chi connectivity index (χ0v) is 17.1. The summed E-state index contributed by atoms with van der Waals surface area (Å²) in [7, 11) is 0. The Hall–Kier alpha value is -3.75. The Labute approximate surface area is 189 Å². The summed E-state index contributed by atoms with van der Waals surface area (Å²) in [6.45, 7) is -0.759. The van der Waals surface area contributed by atoms with E-state index in [1.54, 1.807) is 0 Å². The van der Waals surface area contributed by atoms with Crippen LogP contribution in [0.4, 0.5) is 0 Å². The topological polar surface area (TPSA) is 231 Å². The quantitative estimate of drug-likeness (QED) is 0.208. The van der Waals surface area contributed by atoms with Crippen molar-refractivity contribution in [3.05, 3.63) is 34.5 Å². The van der Waals surface area contributed by atoms with Gasteiger partial charge in [0.1, 0.15) is 35.6 Å². The Morgan fingerprint density at radius 3 is 2.21 bits per heavy atom. The molecule has 0 unspecified atom stereocenters. The maximum atomic E-state index is 12.8. The predicted molar refractivity (Wildman–Crippen MR) is 111 cm³/mol. The number of rotatable bonds is 4. The summed E-state index contributed by atoms with van der Waals surface area (Å²) in [4.78, 5) is 12.8. The molecule has 0 amide bonds. The van der Waals surface area contributed by atoms with Gasteiger partial charge in [-0.2, -0.15) is 0 Å². The number of aliphatic hydroxyl groups is 4. The van der Waals surface area contributed by atoms with Crippen LogP contribution in [-0.4, -0.2) is 83.3 Å². The van der Waals surface area contributed by atoms with Crippen molar-refractivity contribution in [2.75, 3.05) is 6.61 Å². The first-order valence-corrected chi connectivity index (χ1v) is 9.79. The van der Waals surface area contributed by atoms with Crippen LogP contribution in [0.5, 0.6) is 34.5 Å². The molecule has 5 atom stereocenters. The molecule has 1 aliphatic heterocycles. The van der Waals surface area contributed by atoms with E-state index in [9.17, 15) is 50.8 Å². The molecule has 4 rings (SSSR count). The number of phenols is 4. The van der Waals surface area contributed by atoms with Crippen LogP contribution in [0.2, 0.25) is 0 Å². The third kappa shape index (κ3) is 3.70. The van der Waals surface area contributed by atoms with Crippen molar-refractivity contribution in [1.29, 1.82) is 0 Å². The van der Waals surface area contributed by atoms with Gasteiger partial charge in [-0.3, -0.25) is 4.79 Å². The number of hydrogen-bond acceptors (Lipinski definition) is 13. The molecule has 13 heteroatoms. The zero-order chi connectivity index (χ0) is 24.9. The number of aromatic hydroxyl groups is 5. The molecule has 1 fully saturated rings. The van der Waals surface area contributed by atoms with Crippen LogP contribution in [0.1, 0.15) is 0 Å². The third-order valence-corrected chi connectivity index (χ3v) is 5.38. The fourth-order valence-corrected chi connectivity index (χ4v) is 3.56. The predicted octanol–water partition coefficient (Wildman–Crippen LogP) is -0.833. The Morgan fingerprint density at radius 1 is 0.853 bits per heavy atom. The first kappa shape index (κ1) is 23.4. The fraction of sp³-hybridized carbons (Fsp3) is 0.286.